The fourth-order valence-corrected chi connectivity index (χ4v) is 2.74. The number of hydrogen-bond acceptors (Lipinski definition) is 6. The molecule has 1 aromatic heterocycles. The number of urea groups is 1. The SMILES string of the molecule is COc1ccc2c(c1)C(NC(=O)NCc1cc(OCC(F)(F)F)ncn1)CCO2. The summed E-state index contributed by atoms with van der Waals surface area (Å²) < 4.78 is 52.0. The number of benzene rings is 1. The summed E-state index contributed by atoms with van der Waals surface area (Å²) in [6.45, 7) is -1.01. The van der Waals surface area contributed by atoms with Crippen molar-refractivity contribution < 1.29 is 32.2 Å². The molecule has 8 nitrogen and oxygen atoms in total. The van der Waals surface area contributed by atoms with E-state index in [1.807, 2.05) is 0 Å². The van der Waals surface area contributed by atoms with E-state index in [0.717, 1.165) is 11.9 Å². The van der Waals surface area contributed by atoms with E-state index in [9.17, 15) is 18.0 Å². The lowest BCUT2D eigenvalue weighted by Crippen LogP contribution is -2.39. The first-order valence-electron chi connectivity index (χ1n) is 8.69. The molecule has 2 amide bonds. The van der Waals surface area contributed by atoms with Crippen molar-refractivity contribution in [2.24, 2.45) is 0 Å². The Morgan fingerprint density at radius 1 is 1.31 bits per heavy atom. The highest BCUT2D eigenvalue weighted by atomic mass is 19.4. The summed E-state index contributed by atoms with van der Waals surface area (Å²) in [5, 5.41) is 5.46. The molecule has 1 aromatic carbocycles. The lowest BCUT2D eigenvalue weighted by molar-refractivity contribution is -0.154. The molecule has 1 aliphatic rings. The smallest absolute Gasteiger partial charge is 0.422 e. The fourth-order valence-electron chi connectivity index (χ4n) is 2.74. The normalized spacial score (nSPS) is 15.7. The predicted molar refractivity (Wildman–Crippen MR) is 94.8 cm³/mol. The van der Waals surface area contributed by atoms with Gasteiger partial charge in [-0.25, -0.2) is 14.8 Å². The molecule has 29 heavy (non-hydrogen) atoms. The molecule has 11 heteroatoms. The first kappa shape index (κ1) is 20.5. The van der Waals surface area contributed by atoms with Crippen LogP contribution in [0, 0.1) is 0 Å². The van der Waals surface area contributed by atoms with Crippen molar-refractivity contribution >= 4 is 6.03 Å². The average Bonchev–Trinajstić information content (AvgIpc) is 2.70. The number of halogens is 3. The van der Waals surface area contributed by atoms with Gasteiger partial charge in [-0.05, 0) is 18.2 Å². The molecule has 0 radical (unpaired) electrons. The number of fused-ring (bicyclic) bond motifs is 1. The van der Waals surface area contributed by atoms with Gasteiger partial charge in [-0.2, -0.15) is 13.2 Å². The minimum Gasteiger partial charge on any atom is -0.497 e. The molecule has 1 unspecified atom stereocenters. The zero-order valence-electron chi connectivity index (χ0n) is 15.5. The zero-order valence-corrected chi connectivity index (χ0v) is 15.5. The molecule has 0 spiro atoms. The van der Waals surface area contributed by atoms with Crippen LogP contribution in [0.2, 0.25) is 0 Å². The summed E-state index contributed by atoms with van der Waals surface area (Å²) >= 11 is 0. The average molecular weight is 412 g/mol. The highest BCUT2D eigenvalue weighted by molar-refractivity contribution is 5.74. The molecule has 2 N–H and O–H groups in total. The monoisotopic (exact) mass is 412 g/mol. The summed E-state index contributed by atoms with van der Waals surface area (Å²) in [5.74, 6) is 1.10. The molecule has 0 aliphatic carbocycles. The van der Waals surface area contributed by atoms with Gasteiger partial charge in [0.1, 0.15) is 17.8 Å². The van der Waals surface area contributed by atoms with E-state index in [0.29, 0.717) is 30.2 Å². The Labute approximate surface area is 164 Å². The fraction of sp³-hybridized carbons (Fsp3) is 0.389. The van der Waals surface area contributed by atoms with Gasteiger partial charge in [0.2, 0.25) is 5.88 Å². The summed E-state index contributed by atoms with van der Waals surface area (Å²) in [6, 6.07) is 5.86. The van der Waals surface area contributed by atoms with Gasteiger partial charge in [0, 0.05) is 18.1 Å². The lowest BCUT2D eigenvalue weighted by Gasteiger charge is -2.27. The van der Waals surface area contributed by atoms with E-state index >= 15 is 0 Å². The standard InChI is InChI=1S/C18H19F3N4O4/c1-27-12-2-3-15-13(7-12)14(4-5-28-15)25-17(26)22-8-11-6-16(24-10-23-11)29-9-18(19,20)21/h2-3,6-7,10,14H,4-5,8-9H2,1H3,(H2,22,25,26). The molecule has 0 saturated heterocycles. The van der Waals surface area contributed by atoms with Crippen molar-refractivity contribution in [1.29, 1.82) is 0 Å². The van der Waals surface area contributed by atoms with Crippen molar-refractivity contribution in [3.63, 3.8) is 0 Å². The second-order valence-electron chi connectivity index (χ2n) is 6.17. The molecule has 0 saturated carbocycles. The number of hydrogen-bond donors (Lipinski definition) is 2. The molecule has 2 aromatic rings. The molecule has 3 rings (SSSR count). The number of carbonyl (C=O) groups is 1. The van der Waals surface area contributed by atoms with Crippen LogP contribution in [-0.4, -0.2) is 42.5 Å². The first-order valence-corrected chi connectivity index (χ1v) is 8.69. The molecule has 0 fully saturated rings. The van der Waals surface area contributed by atoms with Gasteiger partial charge in [0.15, 0.2) is 6.61 Å². The van der Waals surface area contributed by atoms with Gasteiger partial charge in [-0.1, -0.05) is 0 Å². The number of nitrogens with zero attached hydrogens (tertiary/aromatic N) is 2. The maximum absolute atomic E-state index is 12.3. The van der Waals surface area contributed by atoms with E-state index < -0.39 is 18.8 Å². The van der Waals surface area contributed by atoms with Gasteiger partial charge < -0.3 is 24.8 Å². The van der Waals surface area contributed by atoms with Crippen LogP contribution in [0.5, 0.6) is 17.4 Å². The first-order chi connectivity index (χ1) is 13.8. The Bertz CT molecular complexity index is 863. The van der Waals surface area contributed by atoms with E-state index in [1.165, 1.54) is 6.07 Å². The number of ether oxygens (including phenoxy) is 3. The van der Waals surface area contributed by atoms with Gasteiger partial charge >= 0.3 is 12.2 Å². The largest absolute Gasteiger partial charge is 0.497 e. The molecular weight excluding hydrogens is 393 g/mol. The number of rotatable bonds is 6. The van der Waals surface area contributed by atoms with E-state index in [1.54, 1.807) is 25.3 Å². The van der Waals surface area contributed by atoms with Crippen molar-refractivity contribution in [3.8, 4) is 17.4 Å². The predicted octanol–water partition coefficient (Wildman–Crippen LogP) is 2.75. The molecular formula is C18H19F3N4O4. The van der Waals surface area contributed by atoms with Crippen molar-refractivity contribution in [2.75, 3.05) is 20.3 Å². The molecule has 1 atom stereocenters. The molecule has 0 bridgehead atoms. The number of carbonyl (C=O) groups excluding carboxylic acids is 1. The van der Waals surface area contributed by atoms with Crippen LogP contribution < -0.4 is 24.8 Å². The van der Waals surface area contributed by atoms with Gasteiger partial charge in [0.25, 0.3) is 0 Å². The van der Waals surface area contributed by atoms with Gasteiger partial charge in [0.05, 0.1) is 32.0 Å². The molecule has 156 valence electrons. The van der Waals surface area contributed by atoms with Gasteiger partial charge in [-0.3, -0.25) is 0 Å². The highest BCUT2D eigenvalue weighted by Crippen LogP contribution is 2.34. The Balaban J connectivity index is 1.56. The topological polar surface area (TPSA) is 94.6 Å². The quantitative estimate of drug-likeness (QED) is 0.758. The number of alkyl halides is 3. The Hall–Kier alpha value is -3.24. The maximum Gasteiger partial charge on any atom is 0.422 e. The van der Waals surface area contributed by atoms with Crippen molar-refractivity contribution in [1.82, 2.24) is 20.6 Å². The maximum atomic E-state index is 12.3. The second-order valence-corrected chi connectivity index (χ2v) is 6.17. The summed E-state index contributed by atoms with van der Waals surface area (Å²) in [4.78, 5) is 19.8. The third-order valence-electron chi connectivity index (χ3n) is 4.07. The van der Waals surface area contributed by atoms with Crippen LogP contribution in [0.3, 0.4) is 0 Å². The van der Waals surface area contributed by atoms with Crippen molar-refractivity contribution in [2.45, 2.75) is 25.2 Å². The number of methoxy groups -OCH3 is 1. The van der Waals surface area contributed by atoms with Crippen molar-refractivity contribution in [3.05, 3.63) is 41.9 Å². The van der Waals surface area contributed by atoms with E-state index in [-0.39, 0.29) is 18.5 Å². The molecule has 2 heterocycles. The second kappa shape index (κ2) is 8.84. The zero-order chi connectivity index (χ0) is 20.9. The van der Waals surface area contributed by atoms with Crippen LogP contribution in [0.15, 0.2) is 30.6 Å². The summed E-state index contributed by atoms with van der Waals surface area (Å²) in [6.07, 6.45) is -2.82. The number of aromatic nitrogens is 2. The Morgan fingerprint density at radius 3 is 2.90 bits per heavy atom. The minimum atomic E-state index is -4.47. The van der Waals surface area contributed by atoms with Crippen LogP contribution in [0.1, 0.15) is 23.7 Å². The third kappa shape index (κ3) is 5.87. The van der Waals surface area contributed by atoms with Crippen LogP contribution in [0.4, 0.5) is 18.0 Å². The Morgan fingerprint density at radius 2 is 2.14 bits per heavy atom. The lowest BCUT2D eigenvalue weighted by atomic mass is 10.0. The minimum absolute atomic E-state index is 0.00901. The summed E-state index contributed by atoms with van der Waals surface area (Å²) in [7, 11) is 1.55. The van der Waals surface area contributed by atoms with E-state index in [2.05, 4.69) is 25.3 Å². The number of amides is 2. The van der Waals surface area contributed by atoms with Gasteiger partial charge in [-0.15, -0.1) is 0 Å². The Kier molecular flexibility index (Phi) is 6.25. The third-order valence-corrected chi connectivity index (χ3v) is 4.07. The summed E-state index contributed by atoms with van der Waals surface area (Å²) in [5.41, 5.74) is 1.11. The number of nitrogens with one attached hydrogen (secondary N) is 2. The molecule has 1 aliphatic heterocycles. The highest BCUT2D eigenvalue weighted by Gasteiger charge is 2.28. The van der Waals surface area contributed by atoms with Crippen LogP contribution in [0.25, 0.3) is 0 Å². The van der Waals surface area contributed by atoms with Crippen LogP contribution in [-0.2, 0) is 6.54 Å². The van der Waals surface area contributed by atoms with E-state index in [4.69, 9.17) is 9.47 Å². The van der Waals surface area contributed by atoms with Crippen LogP contribution >= 0.6 is 0 Å².